The topological polar surface area (TPSA) is 81.0 Å². The van der Waals surface area contributed by atoms with E-state index in [1.165, 1.54) is 11.6 Å². The van der Waals surface area contributed by atoms with Gasteiger partial charge in [-0.3, -0.25) is 4.79 Å². The van der Waals surface area contributed by atoms with E-state index in [4.69, 9.17) is 10.5 Å². The van der Waals surface area contributed by atoms with Gasteiger partial charge in [0.25, 0.3) is 5.56 Å². The van der Waals surface area contributed by atoms with Crippen molar-refractivity contribution in [3.05, 3.63) is 57.8 Å². The van der Waals surface area contributed by atoms with Gasteiger partial charge in [0, 0.05) is 18.2 Å². The van der Waals surface area contributed by atoms with E-state index in [2.05, 4.69) is 9.97 Å². The Morgan fingerprint density at radius 2 is 2.05 bits per heavy atom. The summed E-state index contributed by atoms with van der Waals surface area (Å²) in [6.45, 7) is 2.71. The Morgan fingerprint density at radius 3 is 2.74 bits per heavy atom. The number of rotatable bonds is 5. The summed E-state index contributed by atoms with van der Waals surface area (Å²) in [4.78, 5) is 18.4. The zero-order valence-corrected chi connectivity index (χ0v) is 10.8. The highest BCUT2D eigenvalue weighted by Crippen LogP contribution is 2.12. The molecule has 0 aliphatic rings. The Hall–Kier alpha value is -2.14. The fourth-order valence-corrected chi connectivity index (χ4v) is 1.69. The lowest BCUT2D eigenvalue weighted by atomic mass is 10.2. The van der Waals surface area contributed by atoms with Crippen molar-refractivity contribution in [3.8, 4) is 5.75 Å². The van der Waals surface area contributed by atoms with Crippen LogP contribution in [-0.2, 0) is 13.0 Å². The molecule has 0 saturated heterocycles. The number of aryl methyl sites for hydroxylation is 1. The molecule has 3 N–H and O–H groups in total. The normalized spacial score (nSPS) is 10.4. The molecule has 1 aromatic heterocycles. The first kappa shape index (κ1) is 13.3. The van der Waals surface area contributed by atoms with Gasteiger partial charge in [0.2, 0.25) is 0 Å². The summed E-state index contributed by atoms with van der Waals surface area (Å²) in [5, 5.41) is 0. The summed E-state index contributed by atoms with van der Waals surface area (Å²) >= 11 is 0. The van der Waals surface area contributed by atoms with E-state index in [1.54, 1.807) is 0 Å². The summed E-state index contributed by atoms with van der Waals surface area (Å²) in [5.41, 5.74) is 7.14. The second kappa shape index (κ2) is 6.15. The molecule has 1 heterocycles. The average Bonchev–Trinajstić information content (AvgIpc) is 2.38. The number of H-pyrrole nitrogens is 1. The lowest BCUT2D eigenvalue weighted by Crippen LogP contribution is -2.16. The molecule has 0 atom stereocenters. The van der Waals surface area contributed by atoms with Crippen LogP contribution in [0.2, 0.25) is 0 Å². The van der Waals surface area contributed by atoms with E-state index >= 15 is 0 Å². The van der Waals surface area contributed by atoms with Crippen LogP contribution in [-0.4, -0.2) is 16.5 Å². The van der Waals surface area contributed by atoms with E-state index in [1.807, 2.05) is 31.2 Å². The van der Waals surface area contributed by atoms with Crippen molar-refractivity contribution in [1.29, 1.82) is 0 Å². The number of aromatic nitrogens is 2. The summed E-state index contributed by atoms with van der Waals surface area (Å²) in [7, 11) is 0. The Balaban J connectivity index is 2.06. The van der Waals surface area contributed by atoms with Gasteiger partial charge in [-0.05, 0) is 25.6 Å². The predicted octanol–water partition coefficient (Wildman–Crippen LogP) is 1.16. The molecule has 2 rings (SSSR count). The maximum Gasteiger partial charge on any atom is 0.251 e. The molecule has 5 nitrogen and oxygen atoms in total. The van der Waals surface area contributed by atoms with Crippen LogP contribution >= 0.6 is 0 Å². The number of nitrogens with two attached hydrogens (primary N) is 1. The van der Waals surface area contributed by atoms with Crippen LogP contribution in [0.1, 0.15) is 17.1 Å². The second-order valence-electron chi connectivity index (χ2n) is 4.32. The van der Waals surface area contributed by atoms with Crippen molar-refractivity contribution in [2.24, 2.45) is 5.73 Å². The molecular formula is C14H17N3O2. The van der Waals surface area contributed by atoms with Crippen LogP contribution < -0.4 is 16.0 Å². The maximum atomic E-state index is 11.4. The number of hydrogen-bond acceptors (Lipinski definition) is 4. The number of aromatic amines is 1. The first-order valence-electron chi connectivity index (χ1n) is 6.16. The molecular weight excluding hydrogens is 242 g/mol. The lowest BCUT2D eigenvalue weighted by Gasteiger charge is -2.07. The highest BCUT2D eigenvalue weighted by atomic mass is 16.5. The van der Waals surface area contributed by atoms with Crippen molar-refractivity contribution >= 4 is 0 Å². The minimum atomic E-state index is -0.180. The highest BCUT2D eigenvalue weighted by molar-refractivity contribution is 5.26. The number of ether oxygens (including phenoxy) is 1. The van der Waals surface area contributed by atoms with E-state index in [0.29, 0.717) is 24.5 Å². The van der Waals surface area contributed by atoms with Gasteiger partial charge in [-0.1, -0.05) is 17.7 Å². The molecule has 0 aliphatic heterocycles. The third-order valence-corrected chi connectivity index (χ3v) is 2.64. The largest absolute Gasteiger partial charge is 0.486 e. The van der Waals surface area contributed by atoms with Crippen molar-refractivity contribution < 1.29 is 4.74 Å². The maximum absolute atomic E-state index is 11.4. The molecule has 2 aromatic rings. The fraction of sp³-hybridized carbons (Fsp3) is 0.286. The van der Waals surface area contributed by atoms with Crippen LogP contribution in [0.15, 0.2) is 35.1 Å². The number of nitrogens with one attached hydrogen (secondary N) is 1. The first-order chi connectivity index (χ1) is 9.17. The Kier molecular flexibility index (Phi) is 4.30. The Labute approximate surface area is 111 Å². The molecule has 5 heteroatoms. The molecule has 0 bridgehead atoms. The van der Waals surface area contributed by atoms with Gasteiger partial charge in [-0.2, -0.15) is 0 Å². The lowest BCUT2D eigenvalue weighted by molar-refractivity contribution is 0.295. The SMILES string of the molecule is Cc1ccc(OCc2nc(CCN)cc(=O)[nH]2)cc1. The molecule has 19 heavy (non-hydrogen) atoms. The minimum Gasteiger partial charge on any atom is -0.486 e. The van der Waals surface area contributed by atoms with Crippen LogP contribution in [0, 0.1) is 6.92 Å². The Bertz CT molecular complexity index is 590. The molecule has 0 spiro atoms. The third kappa shape index (κ3) is 3.93. The fourth-order valence-electron chi connectivity index (χ4n) is 1.69. The van der Waals surface area contributed by atoms with Gasteiger partial charge in [0.15, 0.2) is 0 Å². The molecule has 0 fully saturated rings. The predicted molar refractivity (Wildman–Crippen MR) is 73.1 cm³/mol. The molecule has 0 unspecified atom stereocenters. The third-order valence-electron chi connectivity index (χ3n) is 2.64. The van der Waals surface area contributed by atoms with Crippen molar-refractivity contribution in [2.45, 2.75) is 20.0 Å². The van der Waals surface area contributed by atoms with Crippen molar-refractivity contribution in [1.82, 2.24) is 9.97 Å². The Morgan fingerprint density at radius 1 is 1.32 bits per heavy atom. The van der Waals surface area contributed by atoms with Gasteiger partial charge in [0.05, 0.1) is 0 Å². The van der Waals surface area contributed by atoms with Gasteiger partial charge >= 0.3 is 0 Å². The van der Waals surface area contributed by atoms with E-state index in [9.17, 15) is 4.79 Å². The molecule has 100 valence electrons. The zero-order chi connectivity index (χ0) is 13.7. The highest BCUT2D eigenvalue weighted by Gasteiger charge is 2.02. The van der Waals surface area contributed by atoms with Crippen LogP contribution in [0.25, 0.3) is 0 Å². The first-order valence-corrected chi connectivity index (χ1v) is 6.16. The van der Waals surface area contributed by atoms with Crippen LogP contribution in [0.5, 0.6) is 5.75 Å². The number of hydrogen-bond donors (Lipinski definition) is 2. The monoisotopic (exact) mass is 259 g/mol. The second-order valence-corrected chi connectivity index (χ2v) is 4.32. The van der Waals surface area contributed by atoms with Gasteiger partial charge in [0.1, 0.15) is 18.2 Å². The molecule has 1 aromatic carbocycles. The molecule has 0 saturated carbocycles. The molecule has 0 aliphatic carbocycles. The summed E-state index contributed by atoms with van der Waals surface area (Å²) < 4.78 is 5.57. The summed E-state index contributed by atoms with van der Waals surface area (Å²) in [6.07, 6.45) is 0.585. The van der Waals surface area contributed by atoms with Crippen molar-refractivity contribution in [3.63, 3.8) is 0 Å². The quantitative estimate of drug-likeness (QED) is 0.844. The average molecular weight is 259 g/mol. The van der Waals surface area contributed by atoms with Gasteiger partial charge in [-0.25, -0.2) is 4.98 Å². The molecule has 0 amide bonds. The van der Waals surface area contributed by atoms with Crippen LogP contribution in [0.3, 0.4) is 0 Å². The zero-order valence-electron chi connectivity index (χ0n) is 10.8. The van der Waals surface area contributed by atoms with E-state index in [0.717, 1.165) is 5.75 Å². The van der Waals surface area contributed by atoms with E-state index < -0.39 is 0 Å². The van der Waals surface area contributed by atoms with Gasteiger partial charge < -0.3 is 15.5 Å². The summed E-state index contributed by atoms with van der Waals surface area (Å²) in [5.74, 6) is 1.26. The number of benzene rings is 1. The van der Waals surface area contributed by atoms with E-state index in [-0.39, 0.29) is 12.2 Å². The molecule has 0 radical (unpaired) electrons. The standard InChI is InChI=1S/C14H17N3O2/c1-10-2-4-12(5-3-10)19-9-13-16-11(6-7-15)8-14(18)17-13/h2-5,8H,6-7,9,15H2,1H3,(H,16,17,18). The van der Waals surface area contributed by atoms with Gasteiger partial charge in [-0.15, -0.1) is 0 Å². The van der Waals surface area contributed by atoms with Crippen LogP contribution in [0.4, 0.5) is 0 Å². The number of nitrogens with zero attached hydrogens (tertiary/aromatic N) is 1. The smallest absolute Gasteiger partial charge is 0.251 e. The minimum absolute atomic E-state index is 0.180. The summed E-state index contributed by atoms with van der Waals surface area (Å²) in [6, 6.07) is 9.17. The van der Waals surface area contributed by atoms with Crippen molar-refractivity contribution in [2.75, 3.05) is 6.54 Å².